The SMILES string of the molecule is O=C(C[n+]1ccn(CC2Cc3cc(Cl)ccc3O2)c1)c1ccc(Br)cc1.[Br-]. The van der Waals surface area contributed by atoms with Gasteiger partial charge in [-0.2, -0.15) is 0 Å². The second kappa shape index (κ2) is 8.59. The van der Waals surface area contributed by atoms with Crippen molar-refractivity contribution in [2.75, 3.05) is 0 Å². The van der Waals surface area contributed by atoms with Crippen molar-refractivity contribution < 1.29 is 31.1 Å². The minimum atomic E-state index is 0. The first-order valence-corrected chi connectivity index (χ1v) is 9.52. The first-order chi connectivity index (χ1) is 12.6. The Kier molecular flexibility index (Phi) is 6.40. The van der Waals surface area contributed by atoms with E-state index in [1.807, 2.05) is 70.3 Å². The van der Waals surface area contributed by atoms with Gasteiger partial charge in [-0.1, -0.05) is 39.7 Å². The van der Waals surface area contributed by atoms with Crippen LogP contribution in [0.4, 0.5) is 0 Å². The van der Waals surface area contributed by atoms with E-state index in [0.29, 0.717) is 12.1 Å². The van der Waals surface area contributed by atoms with Gasteiger partial charge in [-0.25, -0.2) is 9.13 Å². The molecule has 1 unspecified atom stereocenters. The molecule has 2 heterocycles. The Morgan fingerprint density at radius 2 is 2.04 bits per heavy atom. The number of hydrogen-bond donors (Lipinski definition) is 0. The lowest BCUT2D eigenvalue weighted by molar-refractivity contribution is -0.682. The van der Waals surface area contributed by atoms with Gasteiger partial charge < -0.3 is 21.7 Å². The van der Waals surface area contributed by atoms with Crippen LogP contribution in [0.2, 0.25) is 5.02 Å². The number of ketones is 1. The number of nitrogens with zero attached hydrogens (tertiary/aromatic N) is 2. The third-order valence-electron chi connectivity index (χ3n) is 4.42. The smallest absolute Gasteiger partial charge is 0.244 e. The monoisotopic (exact) mass is 510 g/mol. The van der Waals surface area contributed by atoms with Crippen LogP contribution in [0.15, 0.2) is 65.7 Å². The Balaban J connectivity index is 0.00000210. The van der Waals surface area contributed by atoms with E-state index in [2.05, 4.69) is 15.9 Å². The van der Waals surface area contributed by atoms with Crippen LogP contribution in [-0.2, 0) is 19.5 Å². The average molecular weight is 513 g/mol. The lowest BCUT2D eigenvalue weighted by atomic mass is 10.1. The van der Waals surface area contributed by atoms with Gasteiger partial charge in [-0.15, -0.1) is 0 Å². The van der Waals surface area contributed by atoms with Crippen molar-refractivity contribution in [3.8, 4) is 5.75 Å². The molecule has 4 rings (SSSR count). The molecule has 1 aliphatic heterocycles. The summed E-state index contributed by atoms with van der Waals surface area (Å²) in [5.41, 5.74) is 1.85. The largest absolute Gasteiger partial charge is 1.00 e. The average Bonchev–Trinajstić information content (AvgIpc) is 3.21. The van der Waals surface area contributed by atoms with Crippen LogP contribution < -0.4 is 26.3 Å². The first kappa shape index (κ1) is 20.1. The molecule has 3 aromatic rings. The van der Waals surface area contributed by atoms with Gasteiger partial charge in [-0.3, -0.25) is 4.79 Å². The summed E-state index contributed by atoms with van der Waals surface area (Å²) in [7, 11) is 0. The van der Waals surface area contributed by atoms with Crippen molar-refractivity contribution in [2.45, 2.75) is 25.6 Å². The highest BCUT2D eigenvalue weighted by Gasteiger charge is 2.25. The van der Waals surface area contributed by atoms with E-state index in [1.54, 1.807) is 0 Å². The number of carbonyl (C=O) groups excluding carboxylic acids is 1. The molecule has 2 aromatic carbocycles. The number of Topliss-reactive ketones (excluding diaryl/α,β-unsaturated/α-hetero) is 1. The van der Waals surface area contributed by atoms with Crippen molar-refractivity contribution >= 4 is 33.3 Å². The number of fused-ring (bicyclic) bond motifs is 1. The Labute approximate surface area is 181 Å². The Hall–Kier alpha value is -1.63. The molecule has 0 saturated heterocycles. The minimum Gasteiger partial charge on any atom is -1.00 e. The molecule has 0 fully saturated rings. The number of imidazole rings is 1. The molecule has 140 valence electrons. The van der Waals surface area contributed by atoms with Crippen LogP contribution in [0.1, 0.15) is 15.9 Å². The molecule has 7 heteroatoms. The molecule has 0 bridgehead atoms. The lowest BCUT2D eigenvalue weighted by Gasteiger charge is -2.07. The fourth-order valence-corrected chi connectivity index (χ4v) is 3.62. The van der Waals surface area contributed by atoms with E-state index in [9.17, 15) is 4.79 Å². The molecule has 0 amide bonds. The molecule has 0 N–H and O–H groups in total. The second-order valence-electron chi connectivity index (χ2n) is 6.41. The molecule has 1 aromatic heterocycles. The van der Waals surface area contributed by atoms with Crippen LogP contribution in [-0.4, -0.2) is 16.5 Å². The summed E-state index contributed by atoms with van der Waals surface area (Å²) in [5.74, 6) is 0.990. The quantitative estimate of drug-likeness (QED) is 0.379. The molecule has 27 heavy (non-hydrogen) atoms. The zero-order chi connectivity index (χ0) is 18.1. The lowest BCUT2D eigenvalue weighted by Crippen LogP contribution is -3.00. The zero-order valence-electron chi connectivity index (χ0n) is 14.3. The summed E-state index contributed by atoms with van der Waals surface area (Å²) in [6.45, 7) is 1.04. The van der Waals surface area contributed by atoms with E-state index < -0.39 is 0 Å². The molecular weight excluding hydrogens is 495 g/mol. The zero-order valence-corrected chi connectivity index (χ0v) is 18.2. The van der Waals surface area contributed by atoms with Gasteiger partial charge in [-0.05, 0) is 35.9 Å². The Bertz CT molecular complexity index is 957. The molecule has 0 spiro atoms. The summed E-state index contributed by atoms with van der Waals surface area (Å²) in [5, 5.41) is 0.735. The van der Waals surface area contributed by atoms with Gasteiger partial charge >= 0.3 is 0 Å². The summed E-state index contributed by atoms with van der Waals surface area (Å²) >= 11 is 9.43. The fraction of sp³-hybridized carbons (Fsp3) is 0.200. The summed E-state index contributed by atoms with van der Waals surface area (Å²) in [6.07, 6.45) is 6.73. The molecule has 1 aliphatic rings. The van der Waals surface area contributed by atoms with Crippen LogP contribution in [0.3, 0.4) is 0 Å². The van der Waals surface area contributed by atoms with Gasteiger partial charge in [0.1, 0.15) is 30.8 Å². The Morgan fingerprint density at radius 3 is 2.81 bits per heavy atom. The van der Waals surface area contributed by atoms with Crippen molar-refractivity contribution in [3.63, 3.8) is 0 Å². The summed E-state index contributed by atoms with van der Waals surface area (Å²) < 4.78 is 10.9. The van der Waals surface area contributed by atoms with Crippen molar-refractivity contribution in [1.29, 1.82) is 0 Å². The number of carbonyl (C=O) groups is 1. The maximum Gasteiger partial charge on any atom is 0.244 e. The Morgan fingerprint density at radius 1 is 1.26 bits per heavy atom. The third-order valence-corrected chi connectivity index (χ3v) is 5.18. The highest BCUT2D eigenvalue weighted by atomic mass is 79.9. The molecule has 1 atom stereocenters. The van der Waals surface area contributed by atoms with E-state index >= 15 is 0 Å². The molecule has 0 radical (unpaired) electrons. The summed E-state index contributed by atoms with van der Waals surface area (Å²) in [4.78, 5) is 12.4. The standard InChI is InChI=1S/C20H17BrClN2O2.BrH/c21-16-3-1-14(2-4-16)19(25)12-24-8-7-23(13-24)11-18-10-15-9-17(22)5-6-20(15)26-18;/h1-9,13,18H,10-12H2;1H/q+1;/p-1. The maximum absolute atomic E-state index is 12.4. The first-order valence-electron chi connectivity index (χ1n) is 8.35. The van der Waals surface area contributed by atoms with Crippen molar-refractivity contribution in [1.82, 2.24) is 4.57 Å². The number of halogens is 3. The van der Waals surface area contributed by atoms with Crippen LogP contribution >= 0.6 is 27.5 Å². The highest BCUT2D eigenvalue weighted by molar-refractivity contribution is 9.10. The van der Waals surface area contributed by atoms with Gasteiger partial charge in [0.15, 0.2) is 6.54 Å². The number of ether oxygens (including phenoxy) is 1. The number of rotatable bonds is 5. The normalized spacial score (nSPS) is 15.0. The van der Waals surface area contributed by atoms with Crippen molar-refractivity contribution in [2.24, 2.45) is 0 Å². The van der Waals surface area contributed by atoms with Gasteiger partial charge in [0.2, 0.25) is 12.1 Å². The minimum absolute atomic E-state index is 0. The predicted octanol–water partition coefficient (Wildman–Crippen LogP) is 1.08. The maximum atomic E-state index is 12.4. The number of aromatic nitrogens is 2. The van der Waals surface area contributed by atoms with Gasteiger partial charge in [0, 0.05) is 21.5 Å². The molecular formula is C20H17Br2ClN2O2. The van der Waals surface area contributed by atoms with Gasteiger partial charge in [0.25, 0.3) is 0 Å². The van der Waals surface area contributed by atoms with Crippen LogP contribution in [0.25, 0.3) is 0 Å². The predicted molar refractivity (Wildman–Crippen MR) is 103 cm³/mol. The second-order valence-corrected chi connectivity index (χ2v) is 7.76. The summed E-state index contributed by atoms with van der Waals surface area (Å²) in [6, 6.07) is 13.2. The molecule has 0 aliphatic carbocycles. The number of benzene rings is 2. The van der Waals surface area contributed by atoms with Crippen LogP contribution in [0.5, 0.6) is 5.75 Å². The molecule has 0 saturated carbocycles. The van der Waals surface area contributed by atoms with E-state index in [-0.39, 0.29) is 28.9 Å². The van der Waals surface area contributed by atoms with E-state index in [4.69, 9.17) is 16.3 Å². The fourth-order valence-electron chi connectivity index (χ4n) is 3.16. The van der Waals surface area contributed by atoms with Gasteiger partial charge in [0.05, 0.1) is 0 Å². The van der Waals surface area contributed by atoms with Crippen LogP contribution in [0, 0.1) is 0 Å². The third kappa shape index (κ3) is 4.81. The molecule has 4 nitrogen and oxygen atoms in total. The number of hydrogen-bond acceptors (Lipinski definition) is 2. The van der Waals surface area contributed by atoms with E-state index in [0.717, 1.165) is 33.8 Å². The topological polar surface area (TPSA) is 35.1 Å². The van der Waals surface area contributed by atoms with Crippen molar-refractivity contribution in [3.05, 3.63) is 81.8 Å². The van der Waals surface area contributed by atoms with E-state index in [1.165, 1.54) is 0 Å². The highest BCUT2D eigenvalue weighted by Crippen LogP contribution is 2.31.